The fourth-order valence-corrected chi connectivity index (χ4v) is 3.35. The average molecular weight is 382 g/mol. The first-order valence-corrected chi connectivity index (χ1v) is 9.20. The lowest BCUT2D eigenvalue weighted by atomic mass is 10.2. The van der Waals surface area contributed by atoms with Crippen LogP contribution in [0.25, 0.3) is 11.0 Å². The van der Waals surface area contributed by atoms with Crippen LogP contribution in [0.4, 0.5) is 0 Å². The highest BCUT2D eigenvalue weighted by Crippen LogP contribution is 2.30. The topological polar surface area (TPSA) is 49.2 Å². The second kappa shape index (κ2) is 7.28. The minimum Gasteiger partial charge on any atom is -0.353 e. The molecule has 126 valence electrons. The van der Waals surface area contributed by atoms with Crippen LogP contribution in [0.5, 0.6) is 0 Å². The summed E-state index contributed by atoms with van der Waals surface area (Å²) in [6, 6.07) is 2.38. The summed E-state index contributed by atoms with van der Waals surface area (Å²) in [5, 5.41) is 0. The number of nitrogens with zero attached hydrogens (tertiary/aromatic N) is 3. The second-order valence-corrected chi connectivity index (χ2v) is 6.98. The molecule has 0 bridgehead atoms. The lowest BCUT2D eigenvalue weighted by Crippen LogP contribution is -2.25. The molecule has 3 atom stereocenters. The fourth-order valence-electron chi connectivity index (χ4n) is 3.03. The molecule has 5 nitrogen and oxygen atoms in total. The van der Waals surface area contributed by atoms with E-state index in [0.29, 0.717) is 6.04 Å². The zero-order valence-electron chi connectivity index (χ0n) is 14.0. The summed E-state index contributed by atoms with van der Waals surface area (Å²) in [6.07, 6.45) is 5.86. The Morgan fingerprint density at radius 3 is 2.96 bits per heavy atom. The van der Waals surface area contributed by atoms with Crippen molar-refractivity contribution >= 4 is 27.0 Å². The van der Waals surface area contributed by atoms with Crippen LogP contribution in [0.1, 0.15) is 64.4 Å². The number of hydrogen-bond donors (Lipinski definition) is 0. The number of imidazole rings is 1. The van der Waals surface area contributed by atoms with Gasteiger partial charge in [0.05, 0.1) is 11.7 Å². The molecule has 0 spiro atoms. The van der Waals surface area contributed by atoms with E-state index in [9.17, 15) is 0 Å². The summed E-state index contributed by atoms with van der Waals surface area (Å²) in [5.74, 6) is 0.948. The van der Waals surface area contributed by atoms with Gasteiger partial charge in [-0.3, -0.25) is 0 Å². The highest BCUT2D eigenvalue weighted by Gasteiger charge is 2.24. The average Bonchev–Trinajstić information content (AvgIpc) is 2.93. The van der Waals surface area contributed by atoms with Crippen LogP contribution >= 0.6 is 15.9 Å². The molecule has 0 aromatic carbocycles. The first kappa shape index (κ1) is 16.9. The summed E-state index contributed by atoms with van der Waals surface area (Å²) in [5.41, 5.74) is 2.00. The van der Waals surface area contributed by atoms with Gasteiger partial charge in [-0.2, -0.15) is 0 Å². The zero-order chi connectivity index (χ0) is 16.4. The summed E-state index contributed by atoms with van der Waals surface area (Å²) in [7, 11) is 0. The van der Waals surface area contributed by atoms with Gasteiger partial charge in [0.1, 0.15) is 22.0 Å². The fraction of sp³-hybridized carbons (Fsp3) is 0.647. The van der Waals surface area contributed by atoms with Gasteiger partial charge in [0.25, 0.3) is 0 Å². The minimum atomic E-state index is -0.117. The molecule has 23 heavy (non-hydrogen) atoms. The molecule has 0 aliphatic carbocycles. The van der Waals surface area contributed by atoms with E-state index in [-0.39, 0.29) is 12.4 Å². The van der Waals surface area contributed by atoms with Gasteiger partial charge in [0.15, 0.2) is 6.29 Å². The summed E-state index contributed by atoms with van der Waals surface area (Å²) in [4.78, 5) is 9.08. The quantitative estimate of drug-likeness (QED) is 0.699. The van der Waals surface area contributed by atoms with E-state index >= 15 is 0 Å². The number of fused-ring (bicyclic) bond motifs is 1. The molecule has 0 saturated carbocycles. The predicted octanol–water partition coefficient (Wildman–Crippen LogP) is 4.77. The third-order valence-corrected chi connectivity index (χ3v) is 4.89. The van der Waals surface area contributed by atoms with Gasteiger partial charge in [-0.1, -0.05) is 6.92 Å². The van der Waals surface area contributed by atoms with Crippen molar-refractivity contribution < 1.29 is 9.47 Å². The van der Waals surface area contributed by atoms with Gasteiger partial charge in [-0.25, -0.2) is 9.97 Å². The molecule has 6 heteroatoms. The van der Waals surface area contributed by atoms with E-state index in [0.717, 1.165) is 53.8 Å². The first-order chi connectivity index (χ1) is 11.1. The van der Waals surface area contributed by atoms with Crippen LogP contribution in [0, 0.1) is 0 Å². The van der Waals surface area contributed by atoms with Crippen LogP contribution in [0.3, 0.4) is 0 Å². The number of rotatable bonds is 5. The van der Waals surface area contributed by atoms with Crippen molar-refractivity contribution in [3.63, 3.8) is 0 Å². The third kappa shape index (κ3) is 3.59. The highest BCUT2D eigenvalue weighted by atomic mass is 79.9. The maximum Gasteiger partial charge on any atom is 0.158 e. The van der Waals surface area contributed by atoms with Gasteiger partial charge < -0.3 is 14.0 Å². The Kier molecular flexibility index (Phi) is 5.34. The van der Waals surface area contributed by atoms with Gasteiger partial charge in [0.2, 0.25) is 0 Å². The first-order valence-electron chi connectivity index (χ1n) is 8.40. The van der Waals surface area contributed by atoms with Crippen LogP contribution in [-0.2, 0) is 9.47 Å². The molecule has 1 aliphatic rings. The standard InChI is InChI=1S/C17H24BrN3O2/c1-4-11(2)21-14-9-15(18)19-10-13(14)20-17(21)12(3)23-16-7-5-6-8-22-16/h9-12,16H,4-8H2,1-3H3/t11?,12-,16+/m1/s1. The van der Waals surface area contributed by atoms with E-state index in [4.69, 9.17) is 14.5 Å². The molecule has 1 fully saturated rings. The molecule has 0 N–H and O–H groups in total. The Hall–Kier alpha value is -0.980. The largest absolute Gasteiger partial charge is 0.353 e. The molecule has 1 unspecified atom stereocenters. The Bertz CT molecular complexity index is 667. The van der Waals surface area contributed by atoms with E-state index in [1.807, 2.05) is 12.3 Å². The van der Waals surface area contributed by atoms with Crippen molar-refractivity contribution in [1.29, 1.82) is 0 Å². The molecule has 2 aromatic heterocycles. The third-order valence-electron chi connectivity index (χ3n) is 4.46. The van der Waals surface area contributed by atoms with E-state index in [2.05, 4.69) is 46.3 Å². The molecule has 1 saturated heterocycles. The van der Waals surface area contributed by atoms with Gasteiger partial charge >= 0.3 is 0 Å². The Morgan fingerprint density at radius 1 is 1.43 bits per heavy atom. The lowest BCUT2D eigenvalue weighted by Gasteiger charge is -2.27. The monoisotopic (exact) mass is 381 g/mol. The minimum absolute atomic E-state index is 0.113. The second-order valence-electron chi connectivity index (χ2n) is 6.17. The Labute approximate surface area is 145 Å². The molecular formula is C17H24BrN3O2. The maximum atomic E-state index is 6.13. The Balaban J connectivity index is 1.94. The molecule has 0 radical (unpaired) electrons. The van der Waals surface area contributed by atoms with Crippen molar-refractivity contribution in [2.75, 3.05) is 6.61 Å². The highest BCUT2D eigenvalue weighted by molar-refractivity contribution is 9.10. The normalized spacial score (nSPS) is 21.5. The molecule has 0 amide bonds. The number of halogens is 1. The van der Waals surface area contributed by atoms with E-state index in [1.165, 1.54) is 0 Å². The van der Waals surface area contributed by atoms with Gasteiger partial charge in [-0.05, 0) is 61.5 Å². The van der Waals surface area contributed by atoms with E-state index < -0.39 is 0 Å². The number of hydrogen-bond acceptors (Lipinski definition) is 4. The smallest absolute Gasteiger partial charge is 0.158 e. The van der Waals surface area contributed by atoms with Crippen LogP contribution in [0.2, 0.25) is 0 Å². The van der Waals surface area contributed by atoms with Crippen molar-refractivity contribution in [1.82, 2.24) is 14.5 Å². The summed E-state index contributed by atoms with van der Waals surface area (Å²) < 4.78 is 14.9. The van der Waals surface area contributed by atoms with Crippen molar-refractivity contribution in [3.8, 4) is 0 Å². The molecule has 2 aromatic rings. The summed E-state index contributed by atoms with van der Waals surface area (Å²) in [6.45, 7) is 7.24. The lowest BCUT2D eigenvalue weighted by molar-refractivity contribution is -0.188. The number of pyridine rings is 1. The van der Waals surface area contributed by atoms with Crippen LogP contribution < -0.4 is 0 Å². The SMILES string of the molecule is CCC(C)n1c([C@@H](C)O[C@H]2CCCCO2)nc2cnc(Br)cc21. The Morgan fingerprint density at radius 2 is 2.26 bits per heavy atom. The van der Waals surface area contributed by atoms with Gasteiger partial charge in [0, 0.05) is 12.6 Å². The van der Waals surface area contributed by atoms with Crippen molar-refractivity contribution in [2.24, 2.45) is 0 Å². The molecule has 3 heterocycles. The van der Waals surface area contributed by atoms with Gasteiger partial charge in [-0.15, -0.1) is 0 Å². The van der Waals surface area contributed by atoms with Crippen LogP contribution in [0.15, 0.2) is 16.9 Å². The molecule has 1 aliphatic heterocycles. The predicted molar refractivity (Wildman–Crippen MR) is 93.3 cm³/mol. The molecule has 3 rings (SSSR count). The number of aromatic nitrogens is 3. The zero-order valence-corrected chi connectivity index (χ0v) is 15.5. The van der Waals surface area contributed by atoms with Crippen molar-refractivity contribution in [3.05, 3.63) is 22.7 Å². The molecular weight excluding hydrogens is 358 g/mol. The summed E-state index contributed by atoms with van der Waals surface area (Å²) >= 11 is 3.46. The maximum absolute atomic E-state index is 6.13. The van der Waals surface area contributed by atoms with Crippen molar-refractivity contribution in [2.45, 2.75) is 64.9 Å². The van der Waals surface area contributed by atoms with E-state index in [1.54, 1.807) is 0 Å². The number of ether oxygens (including phenoxy) is 2. The van der Waals surface area contributed by atoms with Crippen LogP contribution in [-0.4, -0.2) is 27.4 Å².